The molecule has 2 rings (SSSR count). The van der Waals surface area contributed by atoms with E-state index in [1.54, 1.807) is 0 Å². The minimum atomic E-state index is -4.50. The SMILES string of the molecule is O=S(=O)(N[C@H]1CCCC[C@@H]1O)c1c(F)cc(F)cc1F. The predicted octanol–water partition coefficient (Wildman–Crippen LogP) is 1.69. The lowest BCUT2D eigenvalue weighted by Gasteiger charge is -2.28. The van der Waals surface area contributed by atoms with Gasteiger partial charge in [-0.25, -0.2) is 26.3 Å². The molecule has 4 nitrogen and oxygen atoms in total. The van der Waals surface area contributed by atoms with Crippen LogP contribution in [-0.2, 0) is 10.0 Å². The van der Waals surface area contributed by atoms with Crippen LogP contribution in [0.3, 0.4) is 0 Å². The summed E-state index contributed by atoms with van der Waals surface area (Å²) in [6.07, 6.45) is 1.37. The molecule has 2 N–H and O–H groups in total. The molecular formula is C12H14F3NO3S. The molecule has 0 aromatic heterocycles. The van der Waals surface area contributed by atoms with E-state index in [-0.39, 0.29) is 0 Å². The number of halogens is 3. The first kappa shape index (κ1) is 15.3. The minimum absolute atomic E-state index is 0.301. The molecular weight excluding hydrogens is 295 g/mol. The lowest BCUT2D eigenvalue weighted by atomic mass is 9.93. The molecule has 0 heterocycles. The van der Waals surface area contributed by atoms with Gasteiger partial charge in [0.15, 0.2) is 4.90 Å². The van der Waals surface area contributed by atoms with Crippen molar-refractivity contribution in [2.24, 2.45) is 0 Å². The van der Waals surface area contributed by atoms with Gasteiger partial charge in [-0.15, -0.1) is 0 Å². The van der Waals surface area contributed by atoms with Crippen molar-refractivity contribution in [1.82, 2.24) is 4.72 Å². The molecule has 0 amide bonds. The number of aliphatic hydroxyl groups excluding tert-OH is 1. The van der Waals surface area contributed by atoms with Crippen LogP contribution in [0.1, 0.15) is 25.7 Å². The Hall–Kier alpha value is -1.12. The summed E-state index contributed by atoms with van der Waals surface area (Å²) in [5.74, 6) is -4.20. The van der Waals surface area contributed by atoms with Crippen molar-refractivity contribution in [3.05, 3.63) is 29.6 Å². The Morgan fingerprint density at radius 1 is 1.10 bits per heavy atom. The molecule has 1 saturated carbocycles. The van der Waals surface area contributed by atoms with E-state index in [1.807, 2.05) is 0 Å². The van der Waals surface area contributed by atoms with E-state index in [1.165, 1.54) is 0 Å². The van der Waals surface area contributed by atoms with E-state index in [0.717, 1.165) is 6.42 Å². The normalized spacial score (nSPS) is 23.8. The van der Waals surface area contributed by atoms with Crippen LogP contribution < -0.4 is 4.72 Å². The molecule has 20 heavy (non-hydrogen) atoms. The van der Waals surface area contributed by atoms with Crippen LogP contribution in [0.4, 0.5) is 13.2 Å². The van der Waals surface area contributed by atoms with Crippen LogP contribution >= 0.6 is 0 Å². The molecule has 1 aliphatic carbocycles. The number of benzene rings is 1. The Morgan fingerprint density at radius 3 is 2.20 bits per heavy atom. The molecule has 0 radical (unpaired) electrons. The Kier molecular flexibility index (Phi) is 4.36. The maximum Gasteiger partial charge on any atom is 0.246 e. The lowest BCUT2D eigenvalue weighted by Crippen LogP contribution is -2.45. The fourth-order valence-corrected chi connectivity index (χ4v) is 3.72. The van der Waals surface area contributed by atoms with Crippen molar-refractivity contribution in [3.63, 3.8) is 0 Å². The Morgan fingerprint density at radius 2 is 1.65 bits per heavy atom. The van der Waals surface area contributed by atoms with Gasteiger partial charge in [0, 0.05) is 18.2 Å². The summed E-state index contributed by atoms with van der Waals surface area (Å²) in [6, 6.07) is -0.193. The average Bonchev–Trinajstić information content (AvgIpc) is 2.30. The van der Waals surface area contributed by atoms with Crippen LogP contribution in [0.25, 0.3) is 0 Å². The number of aliphatic hydroxyl groups is 1. The van der Waals surface area contributed by atoms with Gasteiger partial charge in [0.2, 0.25) is 10.0 Å². The molecule has 1 aliphatic rings. The highest BCUT2D eigenvalue weighted by atomic mass is 32.2. The first-order valence-corrected chi connectivity index (χ1v) is 7.64. The van der Waals surface area contributed by atoms with Crippen molar-refractivity contribution < 1.29 is 26.7 Å². The second-order valence-corrected chi connectivity index (χ2v) is 6.43. The molecule has 2 atom stereocenters. The number of rotatable bonds is 3. The summed E-state index contributed by atoms with van der Waals surface area (Å²) >= 11 is 0. The highest BCUT2D eigenvalue weighted by molar-refractivity contribution is 7.89. The summed E-state index contributed by atoms with van der Waals surface area (Å²) in [5, 5.41) is 9.69. The van der Waals surface area contributed by atoms with Crippen LogP contribution in [0.2, 0.25) is 0 Å². The van der Waals surface area contributed by atoms with E-state index >= 15 is 0 Å². The molecule has 0 bridgehead atoms. The van der Waals surface area contributed by atoms with Gasteiger partial charge in [0.25, 0.3) is 0 Å². The van der Waals surface area contributed by atoms with Gasteiger partial charge in [0.05, 0.1) is 6.10 Å². The smallest absolute Gasteiger partial charge is 0.246 e. The first-order chi connectivity index (χ1) is 9.31. The summed E-state index contributed by atoms with van der Waals surface area (Å²) in [6.45, 7) is 0. The van der Waals surface area contributed by atoms with Crippen molar-refractivity contribution in [2.45, 2.75) is 42.7 Å². The van der Waals surface area contributed by atoms with Gasteiger partial charge >= 0.3 is 0 Å². The van der Waals surface area contributed by atoms with Crippen molar-refractivity contribution in [2.75, 3.05) is 0 Å². The maximum absolute atomic E-state index is 13.5. The van der Waals surface area contributed by atoms with E-state index in [4.69, 9.17) is 0 Å². The number of hydrogen-bond acceptors (Lipinski definition) is 3. The van der Waals surface area contributed by atoms with E-state index in [0.29, 0.717) is 31.4 Å². The van der Waals surface area contributed by atoms with Gasteiger partial charge in [-0.2, -0.15) is 0 Å². The van der Waals surface area contributed by atoms with Crippen molar-refractivity contribution in [3.8, 4) is 0 Å². The number of nitrogens with one attached hydrogen (secondary N) is 1. The van der Waals surface area contributed by atoms with Crippen LogP contribution in [0.5, 0.6) is 0 Å². The monoisotopic (exact) mass is 309 g/mol. The zero-order valence-corrected chi connectivity index (χ0v) is 11.3. The first-order valence-electron chi connectivity index (χ1n) is 6.16. The quantitative estimate of drug-likeness (QED) is 0.893. The Bertz CT molecular complexity index is 583. The predicted molar refractivity (Wildman–Crippen MR) is 64.9 cm³/mol. The number of sulfonamides is 1. The molecule has 0 unspecified atom stereocenters. The molecule has 1 aromatic carbocycles. The molecule has 112 valence electrons. The molecule has 8 heteroatoms. The second-order valence-electron chi connectivity index (χ2n) is 4.78. The number of hydrogen-bond donors (Lipinski definition) is 2. The van der Waals surface area contributed by atoms with Gasteiger partial charge in [0.1, 0.15) is 17.5 Å². The second kappa shape index (κ2) is 5.71. The van der Waals surface area contributed by atoms with Gasteiger partial charge in [-0.1, -0.05) is 12.8 Å². The highest BCUT2D eigenvalue weighted by Gasteiger charge is 2.31. The van der Waals surface area contributed by atoms with Crippen molar-refractivity contribution in [1.29, 1.82) is 0 Å². The van der Waals surface area contributed by atoms with Crippen LogP contribution in [0, 0.1) is 17.5 Å². The minimum Gasteiger partial charge on any atom is -0.391 e. The van der Waals surface area contributed by atoms with E-state index in [9.17, 15) is 26.7 Å². The van der Waals surface area contributed by atoms with Gasteiger partial charge in [-0.05, 0) is 12.8 Å². The third kappa shape index (κ3) is 3.13. The van der Waals surface area contributed by atoms with E-state index < -0.39 is 44.5 Å². The van der Waals surface area contributed by atoms with Gasteiger partial charge < -0.3 is 5.11 Å². The summed E-state index contributed by atoms with van der Waals surface area (Å²) in [5.41, 5.74) is 0. The molecule has 0 spiro atoms. The Balaban J connectivity index is 2.31. The molecule has 1 fully saturated rings. The topological polar surface area (TPSA) is 66.4 Å². The lowest BCUT2D eigenvalue weighted by molar-refractivity contribution is 0.101. The fourth-order valence-electron chi connectivity index (χ4n) is 2.29. The van der Waals surface area contributed by atoms with E-state index in [2.05, 4.69) is 4.72 Å². The van der Waals surface area contributed by atoms with Crippen LogP contribution in [-0.4, -0.2) is 25.7 Å². The fraction of sp³-hybridized carbons (Fsp3) is 0.500. The summed E-state index contributed by atoms with van der Waals surface area (Å²) < 4.78 is 65.8. The standard InChI is InChI=1S/C12H14F3NO3S/c13-7-5-8(14)12(9(15)6-7)20(18,19)16-10-3-1-2-4-11(10)17/h5-6,10-11,16-17H,1-4H2/t10-,11-/m0/s1. The zero-order chi connectivity index (χ0) is 14.9. The summed E-state index contributed by atoms with van der Waals surface area (Å²) in [7, 11) is -4.50. The average molecular weight is 309 g/mol. The highest BCUT2D eigenvalue weighted by Crippen LogP contribution is 2.24. The molecule has 0 aliphatic heterocycles. The van der Waals surface area contributed by atoms with Crippen molar-refractivity contribution >= 4 is 10.0 Å². The Labute approximate surface area is 114 Å². The largest absolute Gasteiger partial charge is 0.391 e. The third-order valence-electron chi connectivity index (χ3n) is 3.27. The van der Waals surface area contributed by atoms with Crippen LogP contribution in [0.15, 0.2) is 17.0 Å². The molecule has 0 saturated heterocycles. The molecule has 1 aromatic rings. The van der Waals surface area contributed by atoms with Gasteiger partial charge in [-0.3, -0.25) is 0 Å². The maximum atomic E-state index is 13.5. The summed E-state index contributed by atoms with van der Waals surface area (Å²) in [4.78, 5) is -1.23. The zero-order valence-electron chi connectivity index (χ0n) is 10.4. The third-order valence-corrected chi connectivity index (χ3v) is 4.81.